The fourth-order valence-electron chi connectivity index (χ4n) is 4.83. The largest absolute Gasteiger partial charge is 0.450 e. The number of carbonyl (C=O) groups excluding carboxylic acids is 6. The fraction of sp³-hybridized carbons (Fsp3) is 0.812. The van der Waals surface area contributed by atoms with Crippen molar-refractivity contribution in [2.75, 3.05) is 0 Å². The van der Waals surface area contributed by atoms with Crippen LogP contribution in [0.15, 0.2) is 0 Å². The van der Waals surface area contributed by atoms with E-state index in [-0.39, 0.29) is 36.5 Å². The first-order chi connectivity index (χ1) is 20.3. The molecule has 0 radical (unpaired) electrons. The third kappa shape index (κ3) is 11.7. The highest BCUT2D eigenvalue weighted by molar-refractivity contribution is 5.95. The van der Waals surface area contributed by atoms with Crippen LogP contribution in [0.2, 0.25) is 0 Å². The van der Waals surface area contributed by atoms with Crippen molar-refractivity contribution in [3.8, 4) is 0 Å². The molecule has 0 saturated carbocycles. The van der Waals surface area contributed by atoms with E-state index in [1.807, 2.05) is 27.7 Å². The van der Waals surface area contributed by atoms with Gasteiger partial charge in [0.2, 0.25) is 11.8 Å². The first-order valence-corrected chi connectivity index (χ1v) is 15.9. The molecule has 0 aromatic rings. The lowest BCUT2D eigenvalue weighted by molar-refractivity contribution is -0.164. The molecule has 12 heteroatoms. The minimum atomic E-state index is -1.26. The van der Waals surface area contributed by atoms with Gasteiger partial charge in [0.15, 0.2) is 12.2 Å². The van der Waals surface area contributed by atoms with E-state index >= 15 is 0 Å². The van der Waals surface area contributed by atoms with Gasteiger partial charge < -0.3 is 30.7 Å². The second-order valence-electron chi connectivity index (χ2n) is 14.0. The predicted octanol–water partition coefficient (Wildman–Crippen LogP) is 2.48. The summed E-state index contributed by atoms with van der Waals surface area (Å²) in [5.74, 6) is -5.92. The van der Waals surface area contributed by atoms with Gasteiger partial charge >= 0.3 is 11.9 Å². The van der Waals surface area contributed by atoms with Gasteiger partial charge in [-0.05, 0) is 48.3 Å². The van der Waals surface area contributed by atoms with Crippen LogP contribution in [0.25, 0.3) is 0 Å². The number of amides is 4. The van der Waals surface area contributed by atoms with Crippen LogP contribution in [0.3, 0.4) is 0 Å². The van der Waals surface area contributed by atoms with Crippen LogP contribution in [-0.2, 0) is 38.2 Å². The standard InChI is InChI=1S/C32H56N4O8/c1-15(2)13-21-31(41)43-25(19(9)10)29(39)36-24(18(7)8)28(38)34-22(14-16(3)4)32(42)44-26(20(11)12)30(40)35-23(17(5)6)27(37)33-21/h15-26H,13-14H2,1-12H3,(H,33,37)(H,34,38)(H,35,40)(H,36,39). The lowest BCUT2D eigenvalue weighted by Crippen LogP contribution is -2.59. The molecule has 4 N–H and O–H groups in total. The summed E-state index contributed by atoms with van der Waals surface area (Å²) >= 11 is 0. The number of carbonyl (C=O) groups is 6. The summed E-state index contributed by atoms with van der Waals surface area (Å²) in [5, 5.41) is 10.8. The Bertz CT molecular complexity index is 932. The molecule has 0 aromatic carbocycles. The van der Waals surface area contributed by atoms with Gasteiger partial charge in [0, 0.05) is 0 Å². The van der Waals surface area contributed by atoms with Crippen molar-refractivity contribution in [2.45, 2.75) is 132 Å². The van der Waals surface area contributed by atoms with Crippen LogP contribution >= 0.6 is 0 Å². The Morgan fingerprint density at radius 3 is 0.977 bits per heavy atom. The van der Waals surface area contributed by atoms with E-state index < -0.39 is 83.8 Å². The molecular weight excluding hydrogens is 568 g/mol. The molecule has 12 nitrogen and oxygen atoms in total. The Morgan fingerprint density at radius 2 is 0.750 bits per heavy atom. The van der Waals surface area contributed by atoms with Gasteiger partial charge in [0.1, 0.15) is 24.2 Å². The molecule has 6 unspecified atom stereocenters. The highest BCUT2D eigenvalue weighted by atomic mass is 16.6. The maximum absolute atomic E-state index is 13.5. The number of hydrogen-bond donors (Lipinski definition) is 4. The van der Waals surface area contributed by atoms with E-state index in [1.54, 1.807) is 55.4 Å². The highest BCUT2D eigenvalue weighted by Gasteiger charge is 2.39. The van der Waals surface area contributed by atoms with E-state index in [1.165, 1.54) is 0 Å². The minimum Gasteiger partial charge on any atom is -0.450 e. The van der Waals surface area contributed by atoms with Crippen molar-refractivity contribution < 1.29 is 38.2 Å². The van der Waals surface area contributed by atoms with E-state index in [9.17, 15) is 28.8 Å². The van der Waals surface area contributed by atoms with Gasteiger partial charge in [-0.15, -0.1) is 0 Å². The predicted molar refractivity (Wildman–Crippen MR) is 166 cm³/mol. The summed E-state index contributed by atoms with van der Waals surface area (Å²) < 4.78 is 11.4. The average Bonchev–Trinajstić information content (AvgIpc) is 2.88. The number of nitrogens with one attached hydrogen (secondary N) is 4. The Kier molecular flexibility index (Phi) is 15.3. The van der Waals surface area contributed by atoms with Gasteiger partial charge in [0.25, 0.3) is 11.8 Å². The van der Waals surface area contributed by atoms with Crippen molar-refractivity contribution in [2.24, 2.45) is 35.5 Å². The SMILES string of the molecule is CC(C)CC1NC(=O)C(C(C)C)NC(=O)C(C(C)C)OC(=O)C(CC(C)C)NC(=O)C(C(C)C)NC(=O)C(C(C)C)OC1=O. The van der Waals surface area contributed by atoms with Crippen molar-refractivity contribution >= 4 is 35.6 Å². The van der Waals surface area contributed by atoms with Crippen LogP contribution in [0.5, 0.6) is 0 Å². The van der Waals surface area contributed by atoms with E-state index in [2.05, 4.69) is 21.3 Å². The highest BCUT2D eigenvalue weighted by Crippen LogP contribution is 2.17. The van der Waals surface area contributed by atoms with Gasteiger partial charge in [0.05, 0.1) is 0 Å². The summed E-state index contributed by atoms with van der Waals surface area (Å²) in [7, 11) is 0. The van der Waals surface area contributed by atoms with Gasteiger partial charge in [-0.3, -0.25) is 19.2 Å². The van der Waals surface area contributed by atoms with Gasteiger partial charge in [-0.1, -0.05) is 83.1 Å². The molecule has 0 aromatic heterocycles. The topological polar surface area (TPSA) is 169 Å². The molecule has 1 aliphatic rings. The molecule has 4 amide bonds. The second-order valence-corrected chi connectivity index (χ2v) is 14.0. The molecule has 0 aliphatic carbocycles. The smallest absolute Gasteiger partial charge is 0.329 e. The number of ether oxygens (including phenoxy) is 2. The molecule has 1 rings (SSSR count). The van der Waals surface area contributed by atoms with Crippen LogP contribution < -0.4 is 21.3 Å². The maximum atomic E-state index is 13.5. The molecule has 0 spiro atoms. The number of cyclic esters (lactones) is 2. The summed E-state index contributed by atoms with van der Waals surface area (Å²) in [6, 6.07) is -4.33. The minimum absolute atomic E-state index is 0.0262. The third-order valence-electron chi connectivity index (χ3n) is 7.32. The van der Waals surface area contributed by atoms with Crippen LogP contribution in [0.4, 0.5) is 0 Å². The van der Waals surface area contributed by atoms with Crippen LogP contribution in [-0.4, -0.2) is 71.9 Å². The molecule has 0 bridgehead atoms. The second kappa shape index (κ2) is 17.3. The summed E-state index contributed by atoms with van der Waals surface area (Å²) in [6.07, 6.45) is -2.08. The van der Waals surface area contributed by atoms with Crippen molar-refractivity contribution in [3.63, 3.8) is 0 Å². The zero-order valence-corrected chi connectivity index (χ0v) is 28.6. The maximum Gasteiger partial charge on any atom is 0.329 e. The zero-order chi connectivity index (χ0) is 34.0. The lowest BCUT2D eigenvalue weighted by atomic mass is 9.98. The molecule has 6 atom stereocenters. The lowest BCUT2D eigenvalue weighted by Gasteiger charge is -2.31. The van der Waals surface area contributed by atoms with Crippen LogP contribution in [0, 0.1) is 35.5 Å². The van der Waals surface area contributed by atoms with Crippen molar-refractivity contribution in [1.29, 1.82) is 0 Å². The average molecular weight is 625 g/mol. The van der Waals surface area contributed by atoms with E-state index in [0.29, 0.717) is 0 Å². The number of rotatable bonds is 8. The van der Waals surface area contributed by atoms with Gasteiger partial charge in [-0.2, -0.15) is 0 Å². The number of esters is 2. The zero-order valence-electron chi connectivity index (χ0n) is 28.6. The monoisotopic (exact) mass is 624 g/mol. The summed E-state index contributed by atoms with van der Waals surface area (Å²) in [6.45, 7) is 21.3. The first-order valence-electron chi connectivity index (χ1n) is 15.9. The Hall–Kier alpha value is -3.18. The van der Waals surface area contributed by atoms with Crippen LogP contribution in [0.1, 0.15) is 95.9 Å². The molecule has 252 valence electrons. The van der Waals surface area contributed by atoms with Crippen molar-refractivity contribution in [3.05, 3.63) is 0 Å². The molecule has 1 aliphatic heterocycles. The molecular formula is C32H56N4O8. The number of hydrogen-bond acceptors (Lipinski definition) is 8. The molecule has 1 heterocycles. The quantitative estimate of drug-likeness (QED) is 0.299. The van der Waals surface area contributed by atoms with E-state index in [4.69, 9.17) is 9.47 Å². The molecule has 1 saturated heterocycles. The first kappa shape index (κ1) is 38.8. The summed E-state index contributed by atoms with van der Waals surface area (Å²) in [4.78, 5) is 80.9. The van der Waals surface area contributed by atoms with Gasteiger partial charge in [-0.25, -0.2) is 9.59 Å². The summed E-state index contributed by atoms with van der Waals surface area (Å²) in [5.41, 5.74) is 0. The normalized spacial score (nSPS) is 27.1. The molecule has 1 fully saturated rings. The van der Waals surface area contributed by atoms with E-state index in [0.717, 1.165) is 0 Å². The molecule has 44 heavy (non-hydrogen) atoms. The Balaban J connectivity index is 3.71. The third-order valence-corrected chi connectivity index (χ3v) is 7.32. The Morgan fingerprint density at radius 1 is 0.455 bits per heavy atom. The Labute approximate surface area is 262 Å². The van der Waals surface area contributed by atoms with Crippen molar-refractivity contribution in [1.82, 2.24) is 21.3 Å². The fourth-order valence-corrected chi connectivity index (χ4v) is 4.83.